The summed E-state index contributed by atoms with van der Waals surface area (Å²) in [6.45, 7) is -0.161. The van der Waals surface area contributed by atoms with Gasteiger partial charge in [0.15, 0.2) is 0 Å². The number of hydrogen-bond donors (Lipinski definition) is 3. The van der Waals surface area contributed by atoms with Gasteiger partial charge in [0.25, 0.3) is 0 Å². The highest BCUT2D eigenvalue weighted by Crippen LogP contribution is 2.33. The molecule has 2 aromatic carbocycles. The average molecular weight is 449 g/mol. The van der Waals surface area contributed by atoms with Crippen molar-refractivity contribution < 1.29 is 9.66 Å². The van der Waals surface area contributed by atoms with Gasteiger partial charge in [0.1, 0.15) is 24.0 Å². The summed E-state index contributed by atoms with van der Waals surface area (Å²) in [5, 5.41) is 12.1. The zero-order chi connectivity index (χ0) is 21.8. The van der Waals surface area contributed by atoms with Gasteiger partial charge in [0.05, 0.1) is 21.5 Å². The number of ether oxygens (including phenoxy) is 1. The van der Waals surface area contributed by atoms with Gasteiger partial charge in [-0.3, -0.25) is 10.1 Å². The molecule has 3 aromatic rings. The Labute approximate surface area is 181 Å². The molecule has 1 unspecified atom stereocenters. The Bertz CT molecular complexity index is 1060. The number of anilines is 3. The maximum absolute atomic E-state index is 11.2. The molecule has 156 valence electrons. The second kappa shape index (κ2) is 9.02. The predicted octanol–water partition coefficient (Wildman–Crippen LogP) is 3.52. The summed E-state index contributed by atoms with van der Waals surface area (Å²) in [5.41, 5.74) is 19.1. The Morgan fingerprint density at radius 2 is 1.63 bits per heavy atom. The predicted molar refractivity (Wildman–Crippen MR) is 116 cm³/mol. The number of nitro groups is 1. The fourth-order valence-corrected chi connectivity index (χ4v) is 3.31. The average Bonchev–Trinajstić information content (AvgIpc) is 2.67. The second-order valence-corrected chi connectivity index (χ2v) is 7.25. The molecular formula is C19H18Cl2N6O3. The number of hydrogen-bond acceptors (Lipinski definition) is 8. The van der Waals surface area contributed by atoms with Crippen molar-refractivity contribution in [3.8, 4) is 5.75 Å². The highest BCUT2D eigenvalue weighted by atomic mass is 35.5. The minimum absolute atomic E-state index is 0.00629. The summed E-state index contributed by atoms with van der Waals surface area (Å²) in [4.78, 5) is 18.5. The molecule has 0 saturated heterocycles. The normalized spacial score (nSPS) is 11.8. The summed E-state index contributed by atoms with van der Waals surface area (Å²) in [5.74, 6) is -0.262. The Morgan fingerprint density at radius 3 is 2.20 bits per heavy atom. The van der Waals surface area contributed by atoms with Crippen molar-refractivity contribution in [3.63, 3.8) is 0 Å². The van der Waals surface area contributed by atoms with E-state index < -0.39 is 17.4 Å². The molecule has 9 nitrogen and oxygen atoms in total. The first-order valence-corrected chi connectivity index (χ1v) is 9.47. The summed E-state index contributed by atoms with van der Waals surface area (Å²) in [7, 11) is 0. The highest BCUT2D eigenvalue weighted by molar-refractivity contribution is 6.42. The van der Waals surface area contributed by atoms with Crippen molar-refractivity contribution in [3.05, 3.63) is 79.3 Å². The van der Waals surface area contributed by atoms with Crippen LogP contribution >= 0.6 is 23.2 Å². The maximum Gasteiger partial charge on any atom is 0.223 e. The van der Waals surface area contributed by atoms with Crippen molar-refractivity contribution in [1.82, 2.24) is 9.97 Å². The molecule has 0 amide bonds. The van der Waals surface area contributed by atoms with Crippen LogP contribution in [-0.2, 0) is 6.61 Å². The van der Waals surface area contributed by atoms with E-state index in [-0.39, 0.29) is 29.8 Å². The molecule has 0 fully saturated rings. The van der Waals surface area contributed by atoms with Gasteiger partial charge in [-0.2, -0.15) is 9.97 Å². The molecule has 0 spiro atoms. The van der Waals surface area contributed by atoms with Crippen LogP contribution in [0.25, 0.3) is 0 Å². The molecule has 1 heterocycles. The fourth-order valence-electron chi connectivity index (χ4n) is 2.99. The van der Waals surface area contributed by atoms with E-state index in [2.05, 4.69) is 9.97 Å². The smallest absolute Gasteiger partial charge is 0.223 e. The van der Waals surface area contributed by atoms with Gasteiger partial charge in [-0.1, -0.05) is 41.4 Å². The standard InChI is InChI=1S/C19H18Cl2N6O3/c20-14-6-1-10(7-15(14)21)9-30-12-4-2-11(3-5-12)13(8-27(28)29)16-17(22)25-19(24)26-18(16)23/h1-7,13H,8-9H2,(H6,22,23,24,25,26). The molecule has 0 radical (unpaired) electrons. The first-order valence-electron chi connectivity index (χ1n) is 8.71. The van der Waals surface area contributed by atoms with Gasteiger partial charge in [0.2, 0.25) is 12.5 Å². The monoisotopic (exact) mass is 448 g/mol. The van der Waals surface area contributed by atoms with E-state index in [0.717, 1.165) is 5.56 Å². The lowest BCUT2D eigenvalue weighted by atomic mass is 9.91. The lowest BCUT2D eigenvalue weighted by molar-refractivity contribution is -0.481. The first kappa shape index (κ1) is 21.4. The summed E-state index contributed by atoms with van der Waals surface area (Å²) in [6.07, 6.45) is 0. The Kier molecular flexibility index (Phi) is 6.43. The minimum atomic E-state index is -0.746. The lowest BCUT2D eigenvalue weighted by Crippen LogP contribution is -2.19. The van der Waals surface area contributed by atoms with E-state index in [1.165, 1.54) is 0 Å². The van der Waals surface area contributed by atoms with Gasteiger partial charge in [0, 0.05) is 4.92 Å². The van der Waals surface area contributed by atoms with Gasteiger partial charge in [-0.15, -0.1) is 0 Å². The number of halogens is 2. The van der Waals surface area contributed by atoms with Crippen LogP contribution in [0, 0.1) is 10.1 Å². The number of nitrogens with zero attached hydrogens (tertiary/aromatic N) is 3. The van der Waals surface area contributed by atoms with Crippen LogP contribution in [0.3, 0.4) is 0 Å². The molecule has 0 aliphatic carbocycles. The number of aromatic nitrogens is 2. The maximum atomic E-state index is 11.2. The molecule has 11 heteroatoms. The molecule has 1 aromatic heterocycles. The Hall–Kier alpha value is -3.30. The molecule has 0 aliphatic rings. The zero-order valence-electron chi connectivity index (χ0n) is 15.6. The molecule has 0 saturated carbocycles. The van der Waals surface area contributed by atoms with E-state index in [0.29, 0.717) is 21.4 Å². The van der Waals surface area contributed by atoms with Crippen LogP contribution in [0.1, 0.15) is 22.6 Å². The van der Waals surface area contributed by atoms with Crippen molar-refractivity contribution in [1.29, 1.82) is 0 Å². The summed E-state index contributed by atoms with van der Waals surface area (Å²) in [6, 6.07) is 12.0. The molecule has 0 aliphatic heterocycles. The number of nitrogen functional groups attached to an aromatic ring is 3. The van der Waals surface area contributed by atoms with Gasteiger partial charge in [-0.05, 0) is 35.4 Å². The molecule has 3 rings (SSSR count). The largest absolute Gasteiger partial charge is 0.489 e. The van der Waals surface area contributed by atoms with E-state index >= 15 is 0 Å². The quantitative estimate of drug-likeness (QED) is 0.365. The number of benzene rings is 2. The zero-order valence-corrected chi connectivity index (χ0v) is 17.1. The molecule has 0 bridgehead atoms. The Balaban J connectivity index is 1.82. The highest BCUT2D eigenvalue weighted by Gasteiger charge is 2.26. The third-order valence-corrected chi connectivity index (χ3v) is 5.11. The van der Waals surface area contributed by atoms with E-state index in [4.69, 9.17) is 45.1 Å². The van der Waals surface area contributed by atoms with E-state index in [9.17, 15) is 10.1 Å². The summed E-state index contributed by atoms with van der Waals surface area (Å²) >= 11 is 11.9. The van der Waals surface area contributed by atoms with Crippen molar-refractivity contribution in [2.45, 2.75) is 12.5 Å². The van der Waals surface area contributed by atoms with Gasteiger partial charge >= 0.3 is 0 Å². The molecular weight excluding hydrogens is 431 g/mol. The first-order chi connectivity index (χ1) is 14.2. The second-order valence-electron chi connectivity index (χ2n) is 6.44. The van der Waals surface area contributed by atoms with Crippen molar-refractivity contribution in [2.24, 2.45) is 0 Å². The SMILES string of the molecule is Nc1nc(N)c(C(C[N+](=O)[O-])c2ccc(OCc3ccc(Cl)c(Cl)c3)cc2)c(N)n1. The third-order valence-electron chi connectivity index (χ3n) is 4.37. The van der Waals surface area contributed by atoms with Crippen molar-refractivity contribution in [2.75, 3.05) is 23.7 Å². The van der Waals surface area contributed by atoms with Crippen LogP contribution in [0.5, 0.6) is 5.75 Å². The molecule has 30 heavy (non-hydrogen) atoms. The van der Waals surface area contributed by atoms with Crippen LogP contribution in [-0.4, -0.2) is 21.4 Å². The van der Waals surface area contributed by atoms with Crippen LogP contribution < -0.4 is 21.9 Å². The van der Waals surface area contributed by atoms with Crippen LogP contribution in [0.4, 0.5) is 17.6 Å². The minimum Gasteiger partial charge on any atom is -0.489 e. The van der Waals surface area contributed by atoms with Crippen LogP contribution in [0.15, 0.2) is 42.5 Å². The lowest BCUT2D eigenvalue weighted by Gasteiger charge is -2.17. The van der Waals surface area contributed by atoms with Crippen LogP contribution in [0.2, 0.25) is 10.0 Å². The summed E-state index contributed by atoms with van der Waals surface area (Å²) < 4.78 is 5.75. The fraction of sp³-hybridized carbons (Fsp3) is 0.158. The van der Waals surface area contributed by atoms with Gasteiger partial charge < -0.3 is 21.9 Å². The third kappa shape index (κ3) is 5.00. The molecule has 1 atom stereocenters. The van der Waals surface area contributed by atoms with Gasteiger partial charge in [-0.25, -0.2) is 0 Å². The topological polar surface area (TPSA) is 156 Å². The van der Waals surface area contributed by atoms with Crippen molar-refractivity contribution >= 4 is 40.8 Å². The van der Waals surface area contributed by atoms with E-state index in [1.54, 1.807) is 36.4 Å². The Morgan fingerprint density at radius 1 is 1.00 bits per heavy atom. The van der Waals surface area contributed by atoms with E-state index in [1.807, 2.05) is 6.07 Å². The number of rotatable bonds is 7. The molecule has 6 N–H and O–H groups in total. The number of nitrogens with two attached hydrogens (primary N) is 3.